The fraction of sp³-hybridized carbons (Fsp3) is 0.409. The molecule has 0 amide bonds. The molecule has 0 radical (unpaired) electrons. The molecule has 6 aromatic carbocycles. The predicted molar refractivity (Wildman–Crippen MR) is 379 cm³/mol. The lowest BCUT2D eigenvalue weighted by Gasteiger charge is -2.27. The van der Waals surface area contributed by atoms with Gasteiger partial charge in [-0.25, -0.2) is 14.4 Å². The van der Waals surface area contributed by atoms with Gasteiger partial charge in [-0.3, -0.25) is 0 Å². The van der Waals surface area contributed by atoms with Crippen LogP contribution in [0.1, 0.15) is 134 Å². The van der Waals surface area contributed by atoms with Crippen molar-refractivity contribution in [3.05, 3.63) is 147 Å². The van der Waals surface area contributed by atoms with E-state index in [0.29, 0.717) is 34.5 Å². The minimum Gasteiger partial charge on any atom is -0.489 e. The summed E-state index contributed by atoms with van der Waals surface area (Å²) >= 11 is 13.6. The van der Waals surface area contributed by atoms with Gasteiger partial charge in [0.1, 0.15) is 71.1 Å². The van der Waals surface area contributed by atoms with E-state index in [2.05, 4.69) is 193 Å². The van der Waals surface area contributed by atoms with Crippen molar-refractivity contribution < 1.29 is 57.0 Å². The Hall–Kier alpha value is -2.74. The molecule has 0 atom stereocenters. The van der Waals surface area contributed by atoms with Gasteiger partial charge < -0.3 is 42.6 Å². The first-order chi connectivity index (χ1) is 41.0. The standard InChI is InChI=1S/C66H69I6O12S/c1-4-64(25-7-8-26-64)82-58(73)40-79-61-43(31-46(67)34-55(61)70)37-76-49-13-19-52(20-14-49)85(53-21-15-50(16-22-53)77-38-44-32-47(68)35-56(71)62(44)80-41-59(74)83-65(5-2)27-9-10-28-65)54-23-17-51(18-24-54)78-39-45-33-48(69)36-57(72)63(45)81-42-60(75)84-66(6-3)29-11-12-30-66/h13-24,31-36H,4-12,25-30,37-42H2,1-3H3/q+1. The number of halogens is 6. The number of hydrogen-bond acceptors (Lipinski definition) is 12. The Labute approximate surface area is 584 Å². The molecule has 0 aromatic heterocycles. The van der Waals surface area contributed by atoms with Gasteiger partial charge in [0.25, 0.3) is 0 Å². The number of hydrogen-bond donors (Lipinski definition) is 0. The van der Waals surface area contributed by atoms with Crippen molar-refractivity contribution in [2.75, 3.05) is 19.8 Å². The summed E-state index contributed by atoms with van der Waals surface area (Å²) in [6.07, 6.45) is 14.1. The van der Waals surface area contributed by atoms with E-state index in [0.717, 1.165) is 149 Å². The van der Waals surface area contributed by atoms with Crippen LogP contribution >= 0.6 is 136 Å². The second kappa shape index (κ2) is 31.3. The minimum atomic E-state index is -0.593. The van der Waals surface area contributed by atoms with Gasteiger partial charge in [-0.1, -0.05) is 20.8 Å². The lowest BCUT2D eigenvalue weighted by atomic mass is 9.99. The summed E-state index contributed by atoms with van der Waals surface area (Å²) in [7, 11) is -0.593. The first kappa shape index (κ1) is 66.7. The lowest BCUT2D eigenvalue weighted by Crippen LogP contribution is -2.33. The normalized spacial score (nSPS) is 15.7. The van der Waals surface area contributed by atoms with E-state index < -0.39 is 27.7 Å². The van der Waals surface area contributed by atoms with Gasteiger partial charge in [0.2, 0.25) is 0 Å². The SMILES string of the molecule is CCC1(OC(=O)COc2c(I)cc(I)cc2COc2ccc([S+](c3ccc(OCc4cc(I)cc(I)c4OCC(=O)OC4(CC)CCCC4)cc3)c3ccc(OCc4cc(I)cc(I)c4OCC(=O)OC4(CC)CCCC4)cc3)cc2)CCCC1. The van der Waals surface area contributed by atoms with Crippen LogP contribution in [0.15, 0.2) is 124 Å². The van der Waals surface area contributed by atoms with Gasteiger partial charge >= 0.3 is 17.9 Å². The van der Waals surface area contributed by atoms with Crippen molar-refractivity contribution in [3.63, 3.8) is 0 Å². The fourth-order valence-corrected chi connectivity index (χ4v) is 19.8. The molecule has 0 heterocycles. The van der Waals surface area contributed by atoms with Crippen LogP contribution in [0.5, 0.6) is 34.5 Å². The van der Waals surface area contributed by atoms with Crippen molar-refractivity contribution in [1.82, 2.24) is 0 Å². The number of ether oxygens (including phenoxy) is 9. The van der Waals surface area contributed by atoms with Crippen molar-refractivity contribution in [2.24, 2.45) is 0 Å². The summed E-state index contributed by atoms with van der Waals surface area (Å²) in [5.74, 6) is 2.81. The first-order valence-electron chi connectivity index (χ1n) is 28.9. The van der Waals surface area contributed by atoms with Crippen LogP contribution in [0.25, 0.3) is 0 Å². The molecule has 19 heteroatoms. The third-order valence-corrected chi connectivity index (χ3v) is 22.6. The molecule has 9 rings (SSSR count). The van der Waals surface area contributed by atoms with Crippen molar-refractivity contribution >= 4 is 164 Å². The Kier molecular flexibility index (Phi) is 24.6. The average Bonchev–Trinajstić information content (AvgIpc) is 4.35. The zero-order valence-corrected chi connectivity index (χ0v) is 61.6. The quantitative estimate of drug-likeness (QED) is 0.0210. The Morgan fingerprint density at radius 3 is 0.859 bits per heavy atom. The maximum absolute atomic E-state index is 13.1. The summed E-state index contributed by atoms with van der Waals surface area (Å²) < 4.78 is 61.8. The first-order valence-corrected chi connectivity index (χ1v) is 36.6. The molecule has 0 saturated heterocycles. The Morgan fingerprint density at radius 1 is 0.376 bits per heavy atom. The molecule has 3 fully saturated rings. The fourth-order valence-electron chi connectivity index (χ4n) is 11.4. The third-order valence-electron chi connectivity index (χ3n) is 16.1. The molecule has 3 aliphatic carbocycles. The molecule has 452 valence electrons. The van der Waals surface area contributed by atoms with Crippen LogP contribution in [0.4, 0.5) is 0 Å². The molecule has 0 aliphatic heterocycles. The summed E-state index contributed by atoms with van der Waals surface area (Å²) in [5.41, 5.74) is 1.32. The molecule has 0 spiro atoms. The molecular formula is C66H69I6O12S+. The highest BCUT2D eigenvalue weighted by Gasteiger charge is 2.39. The van der Waals surface area contributed by atoms with Crippen LogP contribution in [0.2, 0.25) is 0 Å². The van der Waals surface area contributed by atoms with Gasteiger partial charge in [0.15, 0.2) is 34.5 Å². The molecule has 3 aliphatic rings. The smallest absolute Gasteiger partial charge is 0.344 e. The highest BCUT2D eigenvalue weighted by atomic mass is 127. The van der Waals surface area contributed by atoms with E-state index in [1.807, 2.05) is 72.8 Å². The Morgan fingerprint density at radius 2 is 0.624 bits per heavy atom. The highest BCUT2D eigenvalue weighted by molar-refractivity contribution is 14.1. The van der Waals surface area contributed by atoms with E-state index in [4.69, 9.17) is 42.6 Å². The van der Waals surface area contributed by atoms with E-state index in [-0.39, 0.29) is 57.5 Å². The minimum absolute atomic E-state index is 0.176. The summed E-state index contributed by atoms with van der Waals surface area (Å²) in [6, 6.07) is 36.7. The molecule has 85 heavy (non-hydrogen) atoms. The molecular weight excluding hydrogens is 1780 g/mol. The van der Waals surface area contributed by atoms with Crippen LogP contribution in [0, 0.1) is 21.4 Å². The third kappa shape index (κ3) is 18.0. The molecule has 0 N–H and O–H groups in total. The van der Waals surface area contributed by atoms with Gasteiger partial charge in [0.05, 0.1) is 21.6 Å². The molecule has 3 saturated carbocycles. The van der Waals surface area contributed by atoms with Crippen molar-refractivity contribution in [1.29, 1.82) is 0 Å². The van der Waals surface area contributed by atoms with Gasteiger partial charge in [0, 0.05) is 27.4 Å². The van der Waals surface area contributed by atoms with E-state index >= 15 is 0 Å². The number of esters is 3. The van der Waals surface area contributed by atoms with Gasteiger partial charge in [-0.05, 0) is 341 Å². The molecule has 12 nitrogen and oxygen atoms in total. The second-order valence-corrected chi connectivity index (χ2v) is 31.0. The molecule has 0 bridgehead atoms. The summed E-state index contributed by atoms with van der Waals surface area (Å²) in [4.78, 5) is 42.5. The average molecular weight is 1850 g/mol. The number of rotatable bonds is 27. The maximum Gasteiger partial charge on any atom is 0.344 e. The molecule has 6 aromatic rings. The van der Waals surface area contributed by atoms with Crippen molar-refractivity contribution in [2.45, 2.75) is 168 Å². The number of carbonyl (C=O) groups is 3. The predicted octanol–water partition coefficient (Wildman–Crippen LogP) is 18.1. The van der Waals surface area contributed by atoms with Crippen LogP contribution in [-0.2, 0) is 59.3 Å². The number of carbonyl (C=O) groups excluding carboxylic acids is 3. The van der Waals surface area contributed by atoms with E-state index in [1.165, 1.54) is 0 Å². The van der Waals surface area contributed by atoms with Crippen molar-refractivity contribution in [3.8, 4) is 34.5 Å². The van der Waals surface area contributed by atoms with Gasteiger partial charge in [-0.15, -0.1) is 0 Å². The highest BCUT2D eigenvalue weighted by Crippen LogP contribution is 2.41. The van der Waals surface area contributed by atoms with Crippen LogP contribution in [0.3, 0.4) is 0 Å². The second-order valence-electron chi connectivity index (χ2n) is 21.7. The topological polar surface area (TPSA) is 134 Å². The van der Waals surface area contributed by atoms with Gasteiger partial charge in [-0.2, -0.15) is 0 Å². The summed E-state index contributed by atoms with van der Waals surface area (Å²) in [5, 5.41) is 0. The number of benzene rings is 6. The maximum atomic E-state index is 13.1. The monoisotopic (exact) mass is 1850 g/mol. The molecule has 0 unspecified atom stereocenters. The Balaban J connectivity index is 0.913. The largest absolute Gasteiger partial charge is 0.489 e. The Bertz CT molecular complexity index is 2930. The zero-order chi connectivity index (χ0) is 60.1. The lowest BCUT2D eigenvalue weighted by molar-refractivity contribution is -0.163. The van der Waals surface area contributed by atoms with E-state index in [9.17, 15) is 14.4 Å². The zero-order valence-electron chi connectivity index (χ0n) is 47.8. The van der Waals surface area contributed by atoms with Crippen LogP contribution in [-0.4, -0.2) is 54.5 Å². The van der Waals surface area contributed by atoms with Crippen LogP contribution < -0.4 is 28.4 Å². The summed E-state index contributed by atoms with van der Waals surface area (Å²) in [6.45, 7) is 6.39. The van der Waals surface area contributed by atoms with E-state index in [1.54, 1.807) is 0 Å².